The molecule has 10 heteroatoms. The SMILES string of the molecule is Cc1nc(N=Nc2ccccc2)c(COP(O)O)c(C=O)c1O.O. The van der Waals surface area contributed by atoms with E-state index in [-0.39, 0.29) is 40.5 Å². The van der Waals surface area contributed by atoms with Crippen molar-refractivity contribution in [2.45, 2.75) is 13.5 Å². The summed E-state index contributed by atoms with van der Waals surface area (Å²) in [5, 5.41) is 17.9. The van der Waals surface area contributed by atoms with Crippen molar-refractivity contribution in [2.24, 2.45) is 10.2 Å². The molecule has 0 fully saturated rings. The summed E-state index contributed by atoms with van der Waals surface area (Å²) in [5.74, 6) is -0.249. The summed E-state index contributed by atoms with van der Waals surface area (Å²) in [4.78, 5) is 33.1. The number of hydrogen-bond donors (Lipinski definition) is 3. The van der Waals surface area contributed by atoms with Crippen LogP contribution in [0.15, 0.2) is 40.6 Å². The number of benzene rings is 1. The highest BCUT2D eigenvalue weighted by molar-refractivity contribution is 7.39. The second kappa shape index (κ2) is 9.11. The lowest BCUT2D eigenvalue weighted by Crippen LogP contribution is -2.00. The molecule has 128 valence electrons. The van der Waals surface area contributed by atoms with Crippen molar-refractivity contribution < 1.29 is 29.7 Å². The average molecular weight is 353 g/mol. The number of pyridine rings is 1. The molecule has 0 saturated heterocycles. The fourth-order valence-corrected chi connectivity index (χ4v) is 2.06. The van der Waals surface area contributed by atoms with Crippen molar-refractivity contribution in [3.05, 3.63) is 47.2 Å². The minimum absolute atomic E-state index is 0. The Bertz CT molecular complexity index is 724. The largest absolute Gasteiger partial charge is 0.505 e. The van der Waals surface area contributed by atoms with Gasteiger partial charge in [0, 0.05) is 5.56 Å². The Morgan fingerprint density at radius 3 is 2.50 bits per heavy atom. The lowest BCUT2D eigenvalue weighted by Gasteiger charge is -2.11. The van der Waals surface area contributed by atoms with E-state index in [2.05, 4.69) is 15.2 Å². The summed E-state index contributed by atoms with van der Waals surface area (Å²) >= 11 is 0. The quantitative estimate of drug-likeness (QED) is 0.410. The maximum Gasteiger partial charge on any atom is 0.327 e. The van der Waals surface area contributed by atoms with Gasteiger partial charge in [-0.05, 0) is 19.1 Å². The first-order valence-corrected chi connectivity index (χ1v) is 7.64. The Kier molecular flexibility index (Phi) is 7.50. The van der Waals surface area contributed by atoms with Gasteiger partial charge in [-0.2, -0.15) is 0 Å². The number of nitrogens with zero attached hydrogens (tertiary/aromatic N) is 3. The molecule has 9 nitrogen and oxygen atoms in total. The second-order valence-corrected chi connectivity index (χ2v) is 5.20. The molecule has 5 N–H and O–H groups in total. The fraction of sp³-hybridized carbons (Fsp3) is 0.143. The zero-order valence-electron chi connectivity index (χ0n) is 12.6. The molecule has 0 saturated carbocycles. The van der Waals surface area contributed by atoms with Crippen LogP contribution in [0.4, 0.5) is 11.5 Å². The number of azo groups is 1. The number of hydrogen-bond acceptors (Lipinski definition) is 8. The minimum atomic E-state index is -2.62. The van der Waals surface area contributed by atoms with Gasteiger partial charge in [0.25, 0.3) is 0 Å². The van der Waals surface area contributed by atoms with Crippen LogP contribution < -0.4 is 0 Å². The normalized spacial score (nSPS) is 10.8. The van der Waals surface area contributed by atoms with Gasteiger partial charge in [-0.25, -0.2) is 4.98 Å². The van der Waals surface area contributed by atoms with E-state index in [1.807, 2.05) is 6.07 Å². The van der Waals surface area contributed by atoms with Gasteiger partial charge in [0.2, 0.25) is 0 Å². The third-order valence-corrected chi connectivity index (χ3v) is 3.29. The number of aldehydes is 1. The summed E-state index contributed by atoms with van der Waals surface area (Å²) < 4.78 is 4.72. The monoisotopic (exact) mass is 353 g/mol. The van der Waals surface area contributed by atoms with E-state index < -0.39 is 8.60 Å². The van der Waals surface area contributed by atoms with Gasteiger partial charge in [0.15, 0.2) is 12.1 Å². The molecule has 0 spiro atoms. The van der Waals surface area contributed by atoms with Crippen molar-refractivity contribution in [3.63, 3.8) is 0 Å². The molecule has 0 bridgehead atoms. The van der Waals surface area contributed by atoms with Crippen LogP contribution in [0.3, 0.4) is 0 Å². The van der Waals surface area contributed by atoms with Gasteiger partial charge in [-0.1, -0.05) is 18.2 Å². The Balaban J connectivity index is 0.00000288. The predicted molar refractivity (Wildman–Crippen MR) is 86.4 cm³/mol. The van der Waals surface area contributed by atoms with Gasteiger partial charge in [0.1, 0.15) is 5.75 Å². The summed E-state index contributed by atoms with van der Waals surface area (Å²) in [7, 11) is -2.62. The third kappa shape index (κ3) is 4.85. The van der Waals surface area contributed by atoms with Crippen LogP contribution in [0.5, 0.6) is 5.75 Å². The van der Waals surface area contributed by atoms with Gasteiger partial charge in [-0.15, -0.1) is 10.2 Å². The molecular formula is C14H16N3O6P. The van der Waals surface area contributed by atoms with E-state index >= 15 is 0 Å². The summed E-state index contributed by atoms with van der Waals surface area (Å²) in [6, 6.07) is 8.87. The topological polar surface area (TPSA) is 156 Å². The molecule has 0 radical (unpaired) electrons. The highest BCUT2D eigenvalue weighted by Gasteiger charge is 2.18. The van der Waals surface area contributed by atoms with Gasteiger partial charge in [-0.3, -0.25) is 4.79 Å². The maximum atomic E-state index is 11.2. The van der Waals surface area contributed by atoms with Crippen LogP contribution in [0.2, 0.25) is 0 Å². The van der Waals surface area contributed by atoms with Crippen molar-refractivity contribution in [3.8, 4) is 5.75 Å². The van der Waals surface area contributed by atoms with Crippen LogP contribution in [-0.4, -0.2) is 31.6 Å². The zero-order chi connectivity index (χ0) is 16.8. The summed E-state index contributed by atoms with van der Waals surface area (Å²) in [6.07, 6.45) is 0.432. The lowest BCUT2D eigenvalue weighted by molar-refractivity contribution is 0.111. The fourth-order valence-electron chi connectivity index (χ4n) is 1.81. The lowest BCUT2D eigenvalue weighted by atomic mass is 10.1. The Morgan fingerprint density at radius 1 is 1.25 bits per heavy atom. The van der Waals surface area contributed by atoms with Crippen LogP contribution in [0.1, 0.15) is 21.6 Å². The van der Waals surface area contributed by atoms with Gasteiger partial charge in [0.05, 0.1) is 23.6 Å². The molecular weight excluding hydrogens is 337 g/mol. The van der Waals surface area contributed by atoms with Gasteiger partial charge >= 0.3 is 8.60 Å². The molecule has 0 aliphatic carbocycles. The summed E-state index contributed by atoms with van der Waals surface area (Å²) in [6.45, 7) is 1.16. The number of aromatic nitrogens is 1. The van der Waals surface area contributed by atoms with Crippen molar-refractivity contribution in [1.29, 1.82) is 0 Å². The van der Waals surface area contributed by atoms with Crippen LogP contribution in [-0.2, 0) is 11.1 Å². The standard InChI is InChI=1S/C14H14N3O5P.H2O/c1-9-13(19)11(7-18)12(8-22-23(20)21)14(15-9)17-16-10-5-3-2-4-6-10;/h2-7,19-21H,8H2,1H3;1H2. The van der Waals surface area contributed by atoms with E-state index in [4.69, 9.17) is 14.3 Å². The number of rotatable bonds is 6. The molecule has 2 aromatic rings. The first-order chi connectivity index (χ1) is 11.0. The molecule has 1 aromatic heterocycles. The molecule has 1 heterocycles. The number of carbonyl (C=O) groups excluding carboxylic acids is 1. The molecule has 2 rings (SSSR count). The Hall–Kier alpha value is -2.29. The number of carbonyl (C=O) groups is 1. The average Bonchev–Trinajstić information content (AvgIpc) is 2.55. The first kappa shape index (κ1) is 19.8. The zero-order valence-corrected chi connectivity index (χ0v) is 13.5. The molecule has 0 unspecified atom stereocenters. The van der Waals surface area contributed by atoms with E-state index in [0.29, 0.717) is 12.0 Å². The van der Waals surface area contributed by atoms with E-state index in [9.17, 15) is 9.90 Å². The molecule has 0 amide bonds. The second-order valence-electron chi connectivity index (χ2n) is 4.44. The molecule has 24 heavy (non-hydrogen) atoms. The number of aryl methyl sites for hydroxylation is 1. The van der Waals surface area contributed by atoms with Crippen LogP contribution >= 0.6 is 8.60 Å². The van der Waals surface area contributed by atoms with E-state index in [1.165, 1.54) is 6.92 Å². The van der Waals surface area contributed by atoms with Crippen LogP contribution in [0, 0.1) is 6.92 Å². The molecule has 0 aliphatic heterocycles. The summed E-state index contributed by atoms with van der Waals surface area (Å²) in [5.41, 5.74) is 0.828. The maximum absolute atomic E-state index is 11.2. The molecule has 0 atom stereocenters. The first-order valence-electron chi connectivity index (χ1n) is 6.48. The smallest absolute Gasteiger partial charge is 0.327 e. The highest BCUT2D eigenvalue weighted by atomic mass is 31.2. The predicted octanol–water partition coefficient (Wildman–Crippen LogP) is 2.23. The number of aromatic hydroxyl groups is 1. The Labute approximate surface area is 138 Å². The van der Waals surface area contributed by atoms with Crippen LogP contribution in [0.25, 0.3) is 0 Å². The molecule has 0 aliphatic rings. The van der Waals surface area contributed by atoms with Crippen molar-refractivity contribution in [1.82, 2.24) is 4.98 Å². The highest BCUT2D eigenvalue weighted by Crippen LogP contribution is 2.34. The molecule has 1 aromatic carbocycles. The van der Waals surface area contributed by atoms with Gasteiger partial charge < -0.3 is 24.9 Å². The van der Waals surface area contributed by atoms with E-state index in [1.54, 1.807) is 24.3 Å². The third-order valence-electron chi connectivity index (χ3n) is 2.93. The Morgan fingerprint density at radius 2 is 1.92 bits per heavy atom. The minimum Gasteiger partial charge on any atom is -0.505 e. The van der Waals surface area contributed by atoms with E-state index in [0.717, 1.165) is 0 Å². The van der Waals surface area contributed by atoms with Crippen molar-refractivity contribution >= 4 is 26.4 Å². The van der Waals surface area contributed by atoms with Crippen molar-refractivity contribution in [2.75, 3.05) is 0 Å².